The lowest BCUT2D eigenvalue weighted by molar-refractivity contribution is -0.118. The summed E-state index contributed by atoms with van der Waals surface area (Å²) < 4.78 is 0. The number of hydrogen-bond acceptors (Lipinski definition) is 1. The van der Waals surface area contributed by atoms with E-state index >= 15 is 0 Å². The number of carbonyl (C=O) groups is 1. The summed E-state index contributed by atoms with van der Waals surface area (Å²) >= 11 is 12.0. The standard InChI is InChI=1S/C15H13Cl2NO/c1-18(13-9-7-12(16)8-10-13)15(19)14(17)11-5-3-2-4-6-11/h2-10,14H,1H3. The van der Waals surface area contributed by atoms with Crippen LogP contribution in [0, 0.1) is 0 Å². The van der Waals surface area contributed by atoms with Crippen LogP contribution >= 0.6 is 23.2 Å². The van der Waals surface area contributed by atoms with E-state index < -0.39 is 5.38 Å². The molecule has 1 unspecified atom stereocenters. The zero-order chi connectivity index (χ0) is 13.8. The molecule has 0 fully saturated rings. The van der Waals surface area contributed by atoms with Crippen LogP contribution in [0.15, 0.2) is 54.6 Å². The Balaban J connectivity index is 2.17. The van der Waals surface area contributed by atoms with Crippen molar-refractivity contribution < 1.29 is 4.79 Å². The molecule has 2 nitrogen and oxygen atoms in total. The number of rotatable bonds is 3. The smallest absolute Gasteiger partial charge is 0.249 e. The molecule has 0 N–H and O–H groups in total. The Morgan fingerprint density at radius 2 is 1.63 bits per heavy atom. The third kappa shape index (κ3) is 3.28. The van der Waals surface area contributed by atoms with Gasteiger partial charge in [0.25, 0.3) is 0 Å². The fourth-order valence-corrected chi connectivity index (χ4v) is 2.14. The summed E-state index contributed by atoms with van der Waals surface area (Å²) in [4.78, 5) is 13.8. The molecule has 0 radical (unpaired) electrons. The van der Waals surface area contributed by atoms with E-state index in [2.05, 4.69) is 0 Å². The Morgan fingerprint density at radius 1 is 1.05 bits per heavy atom. The summed E-state index contributed by atoms with van der Waals surface area (Å²) in [5.74, 6) is -0.171. The minimum atomic E-state index is -0.693. The molecule has 2 aromatic carbocycles. The fraction of sp³-hybridized carbons (Fsp3) is 0.133. The number of alkyl halides is 1. The summed E-state index contributed by atoms with van der Waals surface area (Å²) in [5.41, 5.74) is 1.55. The molecule has 0 aliphatic rings. The Labute approximate surface area is 122 Å². The van der Waals surface area contributed by atoms with Crippen LogP contribution in [0.5, 0.6) is 0 Å². The first-order valence-corrected chi connectivity index (χ1v) is 6.63. The van der Waals surface area contributed by atoms with Gasteiger partial charge in [0.05, 0.1) is 0 Å². The topological polar surface area (TPSA) is 20.3 Å². The predicted octanol–water partition coefficient (Wildman–Crippen LogP) is 4.28. The number of hydrogen-bond donors (Lipinski definition) is 0. The first kappa shape index (κ1) is 13.9. The van der Waals surface area contributed by atoms with Gasteiger partial charge in [0, 0.05) is 17.8 Å². The lowest BCUT2D eigenvalue weighted by Crippen LogP contribution is -2.29. The van der Waals surface area contributed by atoms with Crippen molar-refractivity contribution in [2.45, 2.75) is 5.38 Å². The predicted molar refractivity (Wildman–Crippen MR) is 79.9 cm³/mol. The van der Waals surface area contributed by atoms with Crippen LogP contribution in [0.25, 0.3) is 0 Å². The molecule has 0 heterocycles. The van der Waals surface area contributed by atoms with Crippen molar-refractivity contribution in [2.24, 2.45) is 0 Å². The number of benzene rings is 2. The van der Waals surface area contributed by atoms with E-state index in [1.807, 2.05) is 30.3 Å². The highest BCUT2D eigenvalue weighted by molar-refractivity contribution is 6.33. The minimum Gasteiger partial charge on any atom is -0.314 e. The summed E-state index contributed by atoms with van der Waals surface area (Å²) in [6.07, 6.45) is 0. The molecule has 0 bridgehead atoms. The highest BCUT2D eigenvalue weighted by Crippen LogP contribution is 2.25. The molecule has 4 heteroatoms. The van der Waals surface area contributed by atoms with Gasteiger partial charge in [0.15, 0.2) is 0 Å². The van der Waals surface area contributed by atoms with E-state index in [4.69, 9.17) is 23.2 Å². The van der Waals surface area contributed by atoms with Crippen molar-refractivity contribution in [2.75, 3.05) is 11.9 Å². The lowest BCUT2D eigenvalue weighted by atomic mass is 10.1. The molecule has 0 aliphatic carbocycles. The molecule has 1 atom stereocenters. The lowest BCUT2D eigenvalue weighted by Gasteiger charge is -2.20. The van der Waals surface area contributed by atoms with E-state index in [-0.39, 0.29) is 5.91 Å². The molecule has 19 heavy (non-hydrogen) atoms. The van der Waals surface area contributed by atoms with Gasteiger partial charge in [-0.3, -0.25) is 4.79 Å². The Kier molecular flexibility index (Phi) is 4.46. The Morgan fingerprint density at radius 3 is 2.21 bits per heavy atom. The van der Waals surface area contributed by atoms with Gasteiger partial charge in [-0.05, 0) is 29.8 Å². The first-order valence-electron chi connectivity index (χ1n) is 5.82. The molecular formula is C15H13Cl2NO. The fourth-order valence-electron chi connectivity index (χ4n) is 1.73. The van der Waals surface area contributed by atoms with Crippen molar-refractivity contribution in [3.05, 3.63) is 65.2 Å². The van der Waals surface area contributed by atoms with Gasteiger partial charge in [-0.25, -0.2) is 0 Å². The largest absolute Gasteiger partial charge is 0.314 e. The quantitative estimate of drug-likeness (QED) is 0.774. The highest BCUT2D eigenvalue weighted by Gasteiger charge is 2.22. The molecule has 2 rings (SSSR count). The second kappa shape index (κ2) is 6.09. The minimum absolute atomic E-state index is 0.171. The van der Waals surface area contributed by atoms with Gasteiger partial charge in [0.1, 0.15) is 5.38 Å². The van der Waals surface area contributed by atoms with Crippen LogP contribution < -0.4 is 4.90 Å². The van der Waals surface area contributed by atoms with Crippen LogP contribution in [0.1, 0.15) is 10.9 Å². The molecule has 0 aliphatic heterocycles. The molecule has 2 aromatic rings. The Hall–Kier alpha value is -1.51. The maximum atomic E-state index is 12.3. The zero-order valence-electron chi connectivity index (χ0n) is 10.4. The van der Waals surface area contributed by atoms with Crippen molar-refractivity contribution in [1.82, 2.24) is 0 Å². The van der Waals surface area contributed by atoms with E-state index in [1.165, 1.54) is 4.90 Å². The monoisotopic (exact) mass is 293 g/mol. The molecular weight excluding hydrogens is 281 g/mol. The van der Waals surface area contributed by atoms with Crippen LogP contribution in [0.2, 0.25) is 5.02 Å². The van der Waals surface area contributed by atoms with Gasteiger partial charge in [-0.15, -0.1) is 11.6 Å². The van der Waals surface area contributed by atoms with E-state index in [1.54, 1.807) is 31.3 Å². The molecule has 0 aromatic heterocycles. The number of nitrogens with zero attached hydrogens (tertiary/aromatic N) is 1. The Bertz CT molecular complexity index is 554. The molecule has 0 spiro atoms. The maximum absolute atomic E-state index is 12.3. The number of carbonyl (C=O) groups excluding carboxylic acids is 1. The third-order valence-corrected chi connectivity index (χ3v) is 3.54. The van der Waals surface area contributed by atoms with E-state index in [0.717, 1.165) is 11.3 Å². The third-order valence-electron chi connectivity index (χ3n) is 2.85. The van der Waals surface area contributed by atoms with Crippen LogP contribution in [-0.2, 0) is 4.79 Å². The van der Waals surface area contributed by atoms with Crippen LogP contribution in [-0.4, -0.2) is 13.0 Å². The zero-order valence-corrected chi connectivity index (χ0v) is 11.9. The van der Waals surface area contributed by atoms with Crippen LogP contribution in [0.3, 0.4) is 0 Å². The SMILES string of the molecule is CN(C(=O)C(Cl)c1ccccc1)c1ccc(Cl)cc1. The number of anilines is 1. The van der Waals surface area contributed by atoms with Crippen molar-refractivity contribution in [3.63, 3.8) is 0 Å². The van der Waals surface area contributed by atoms with Gasteiger partial charge < -0.3 is 4.90 Å². The summed E-state index contributed by atoms with van der Waals surface area (Å²) in [6.45, 7) is 0. The van der Waals surface area contributed by atoms with Gasteiger partial charge >= 0.3 is 0 Å². The highest BCUT2D eigenvalue weighted by atomic mass is 35.5. The van der Waals surface area contributed by atoms with Crippen molar-refractivity contribution in [1.29, 1.82) is 0 Å². The number of halogens is 2. The van der Waals surface area contributed by atoms with Crippen LogP contribution in [0.4, 0.5) is 5.69 Å². The molecule has 0 saturated carbocycles. The van der Waals surface area contributed by atoms with Gasteiger partial charge in [0.2, 0.25) is 5.91 Å². The molecule has 1 amide bonds. The summed E-state index contributed by atoms with van der Waals surface area (Å²) in [5, 5.41) is -0.0584. The van der Waals surface area contributed by atoms with Crippen molar-refractivity contribution >= 4 is 34.8 Å². The first-order chi connectivity index (χ1) is 9.09. The normalized spacial score (nSPS) is 11.9. The maximum Gasteiger partial charge on any atom is 0.249 e. The molecule has 98 valence electrons. The van der Waals surface area contributed by atoms with E-state index in [0.29, 0.717) is 5.02 Å². The average Bonchev–Trinajstić information content (AvgIpc) is 2.46. The second-order valence-corrected chi connectivity index (χ2v) is 5.02. The van der Waals surface area contributed by atoms with Gasteiger partial charge in [-0.1, -0.05) is 41.9 Å². The van der Waals surface area contributed by atoms with Gasteiger partial charge in [-0.2, -0.15) is 0 Å². The summed E-state index contributed by atoms with van der Waals surface area (Å²) in [6, 6.07) is 16.3. The van der Waals surface area contributed by atoms with E-state index in [9.17, 15) is 4.79 Å². The van der Waals surface area contributed by atoms with Crippen molar-refractivity contribution in [3.8, 4) is 0 Å². The number of likely N-dealkylation sites (N-methyl/N-ethyl adjacent to an activating group) is 1. The molecule has 0 saturated heterocycles. The number of amides is 1. The average molecular weight is 294 g/mol. The second-order valence-electron chi connectivity index (χ2n) is 4.15. The summed E-state index contributed by atoms with van der Waals surface area (Å²) in [7, 11) is 1.70.